The van der Waals surface area contributed by atoms with Gasteiger partial charge in [0.2, 0.25) is 0 Å². The van der Waals surface area contributed by atoms with Gasteiger partial charge in [-0.15, -0.1) is 11.3 Å². The summed E-state index contributed by atoms with van der Waals surface area (Å²) < 4.78 is 1.50. The molecule has 0 aliphatic heterocycles. The van der Waals surface area contributed by atoms with Gasteiger partial charge in [-0.25, -0.2) is 0 Å². The van der Waals surface area contributed by atoms with Crippen LogP contribution in [0, 0.1) is 2.88 Å². The minimum Gasteiger partial charge on any atom is -0.351 e. The fourth-order valence-corrected chi connectivity index (χ4v) is 3.42. The van der Waals surface area contributed by atoms with Crippen LogP contribution in [0.1, 0.15) is 23.2 Å². The van der Waals surface area contributed by atoms with Crippen LogP contribution in [-0.2, 0) is 0 Å². The Labute approximate surface area is 111 Å². The third kappa shape index (κ3) is 2.88. The van der Waals surface area contributed by atoms with E-state index >= 15 is 0 Å². The predicted molar refractivity (Wildman–Crippen MR) is 74.8 cm³/mol. The molecule has 0 spiro atoms. The normalized spacial score (nSPS) is 17.5. The molecule has 1 aromatic rings. The number of carbonyl (C=O) groups is 1. The minimum atomic E-state index is 0.0643. The van der Waals surface area contributed by atoms with Gasteiger partial charge in [-0.3, -0.25) is 4.79 Å². The first kappa shape index (κ1) is 11.7. The van der Waals surface area contributed by atoms with E-state index in [1.54, 1.807) is 11.3 Å². The van der Waals surface area contributed by atoms with Crippen LogP contribution in [0.15, 0.2) is 11.4 Å². The number of amides is 1. The van der Waals surface area contributed by atoms with Crippen LogP contribution in [0.25, 0.3) is 0 Å². The molecule has 0 unspecified atom stereocenters. The van der Waals surface area contributed by atoms with Crippen molar-refractivity contribution in [3.05, 3.63) is 19.9 Å². The number of hydrogen-bond donors (Lipinski definition) is 1. The van der Waals surface area contributed by atoms with E-state index < -0.39 is 0 Å². The Kier molecular flexibility index (Phi) is 3.62. The predicted octanol–water partition coefficient (Wildman–Crippen LogP) is 2.98. The van der Waals surface area contributed by atoms with Crippen molar-refractivity contribution in [1.29, 1.82) is 0 Å². The topological polar surface area (TPSA) is 29.1 Å². The molecule has 0 aromatic carbocycles. The molecule has 0 bridgehead atoms. The highest BCUT2D eigenvalue weighted by atomic mass is 127. The lowest BCUT2D eigenvalue weighted by Gasteiger charge is -2.12. The summed E-state index contributed by atoms with van der Waals surface area (Å²) in [5.74, 6) is 0.0643. The highest BCUT2D eigenvalue weighted by Crippen LogP contribution is 2.46. The Morgan fingerprint density at radius 1 is 1.73 bits per heavy atom. The van der Waals surface area contributed by atoms with Crippen LogP contribution in [0.4, 0.5) is 0 Å². The van der Waals surface area contributed by atoms with E-state index in [1.807, 2.05) is 23.2 Å². The average Bonchev–Trinajstić information content (AvgIpc) is 2.90. The van der Waals surface area contributed by atoms with Gasteiger partial charge >= 0.3 is 0 Å². The van der Waals surface area contributed by atoms with Gasteiger partial charge in [0.05, 0.1) is 8.45 Å². The molecule has 5 heteroatoms. The summed E-state index contributed by atoms with van der Waals surface area (Å²) in [6.07, 6.45) is 4.58. The van der Waals surface area contributed by atoms with E-state index in [0.717, 1.165) is 15.0 Å². The molecule has 1 aromatic heterocycles. The summed E-state index contributed by atoms with van der Waals surface area (Å²) in [7, 11) is 0. The van der Waals surface area contributed by atoms with Crippen LogP contribution in [0.5, 0.6) is 0 Å². The van der Waals surface area contributed by atoms with Crippen molar-refractivity contribution in [2.24, 2.45) is 0 Å². The van der Waals surface area contributed by atoms with Gasteiger partial charge < -0.3 is 5.32 Å². The Balaban J connectivity index is 1.88. The van der Waals surface area contributed by atoms with Gasteiger partial charge in [0.15, 0.2) is 0 Å². The van der Waals surface area contributed by atoms with E-state index in [0.29, 0.717) is 4.75 Å². The average molecular weight is 353 g/mol. The highest BCUT2D eigenvalue weighted by Gasteiger charge is 2.41. The van der Waals surface area contributed by atoms with Crippen LogP contribution >= 0.6 is 45.7 Å². The Hall–Kier alpha value is 0.250. The number of nitrogens with one attached hydrogen (secondary N) is 1. The Morgan fingerprint density at radius 2 is 2.47 bits per heavy atom. The molecule has 1 fully saturated rings. The van der Waals surface area contributed by atoms with Crippen molar-refractivity contribution in [3.63, 3.8) is 0 Å². The number of hydrogen-bond acceptors (Lipinski definition) is 3. The second-order valence-electron chi connectivity index (χ2n) is 3.71. The van der Waals surface area contributed by atoms with Crippen molar-refractivity contribution in [2.75, 3.05) is 12.8 Å². The fraction of sp³-hybridized carbons (Fsp3) is 0.500. The van der Waals surface area contributed by atoms with Gasteiger partial charge in [-0.05, 0) is 47.8 Å². The second-order valence-corrected chi connectivity index (χ2v) is 7.79. The van der Waals surface area contributed by atoms with Crippen molar-refractivity contribution >= 4 is 51.6 Å². The summed E-state index contributed by atoms with van der Waals surface area (Å²) in [6, 6.07) is 1.93. The lowest BCUT2D eigenvalue weighted by atomic mass is 10.3. The molecule has 2 rings (SSSR count). The number of carbonyl (C=O) groups excluding carboxylic acids is 1. The molecule has 1 saturated carbocycles. The van der Waals surface area contributed by atoms with E-state index in [4.69, 9.17) is 0 Å². The van der Waals surface area contributed by atoms with Gasteiger partial charge in [0.1, 0.15) is 0 Å². The molecule has 82 valence electrons. The largest absolute Gasteiger partial charge is 0.351 e. The van der Waals surface area contributed by atoms with Gasteiger partial charge in [-0.2, -0.15) is 11.8 Å². The summed E-state index contributed by atoms with van der Waals surface area (Å²) >= 11 is 5.71. The Bertz CT molecular complexity index is 373. The molecule has 1 N–H and O–H groups in total. The number of thioether (sulfide) groups is 1. The molecule has 1 heterocycles. The molecule has 0 atom stereocenters. The molecule has 1 aliphatic carbocycles. The van der Waals surface area contributed by atoms with E-state index in [2.05, 4.69) is 34.2 Å². The van der Waals surface area contributed by atoms with Gasteiger partial charge in [-0.1, -0.05) is 0 Å². The number of thiophene rings is 1. The second kappa shape index (κ2) is 4.63. The Morgan fingerprint density at radius 3 is 2.93 bits per heavy atom. The maximum Gasteiger partial charge on any atom is 0.252 e. The third-order valence-corrected chi connectivity index (χ3v) is 5.85. The van der Waals surface area contributed by atoms with Gasteiger partial charge in [0.25, 0.3) is 5.91 Å². The molecule has 0 radical (unpaired) electrons. The molecular formula is C10H12INOS2. The minimum absolute atomic E-state index is 0.0643. The molecular weight excluding hydrogens is 341 g/mol. The summed E-state index contributed by atoms with van der Waals surface area (Å²) in [5.41, 5.74) is 0.793. The fourth-order valence-electron chi connectivity index (χ4n) is 1.37. The first-order valence-electron chi connectivity index (χ1n) is 4.73. The highest BCUT2D eigenvalue weighted by molar-refractivity contribution is 14.1. The molecule has 1 amide bonds. The van der Waals surface area contributed by atoms with Crippen LogP contribution < -0.4 is 5.32 Å². The lowest BCUT2D eigenvalue weighted by molar-refractivity contribution is 0.0953. The van der Waals surface area contributed by atoms with Crippen molar-refractivity contribution in [3.8, 4) is 0 Å². The lowest BCUT2D eigenvalue weighted by Crippen LogP contribution is -2.31. The quantitative estimate of drug-likeness (QED) is 0.844. The van der Waals surface area contributed by atoms with E-state index in [9.17, 15) is 4.79 Å². The zero-order chi connectivity index (χ0) is 10.9. The zero-order valence-electron chi connectivity index (χ0n) is 8.38. The molecule has 0 saturated heterocycles. The van der Waals surface area contributed by atoms with E-state index in [-0.39, 0.29) is 5.91 Å². The van der Waals surface area contributed by atoms with Crippen molar-refractivity contribution in [2.45, 2.75) is 17.6 Å². The van der Waals surface area contributed by atoms with Gasteiger partial charge in [0, 0.05) is 16.7 Å². The zero-order valence-corrected chi connectivity index (χ0v) is 12.2. The number of rotatable bonds is 4. The maximum absolute atomic E-state index is 11.7. The molecule has 15 heavy (non-hydrogen) atoms. The van der Waals surface area contributed by atoms with Crippen LogP contribution in [0.3, 0.4) is 0 Å². The van der Waals surface area contributed by atoms with Crippen LogP contribution in [-0.4, -0.2) is 23.5 Å². The van der Waals surface area contributed by atoms with E-state index in [1.165, 1.54) is 12.8 Å². The van der Waals surface area contributed by atoms with Crippen LogP contribution in [0.2, 0.25) is 0 Å². The standard InChI is InChI=1S/C10H12INOS2/c1-14-10(2-3-10)6-12-9(13)7-4-8(11)15-5-7/h4-5H,2-3,6H2,1H3,(H,12,13). The summed E-state index contributed by atoms with van der Waals surface area (Å²) in [4.78, 5) is 11.7. The first-order chi connectivity index (χ1) is 7.15. The smallest absolute Gasteiger partial charge is 0.252 e. The molecule has 1 aliphatic rings. The van der Waals surface area contributed by atoms with Crippen molar-refractivity contribution in [1.82, 2.24) is 5.32 Å². The monoisotopic (exact) mass is 353 g/mol. The maximum atomic E-state index is 11.7. The third-order valence-electron chi connectivity index (χ3n) is 2.64. The summed E-state index contributed by atoms with van der Waals surface area (Å²) in [6.45, 7) is 0.805. The summed E-state index contributed by atoms with van der Waals surface area (Å²) in [5, 5.41) is 4.92. The molecule has 2 nitrogen and oxygen atoms in total. The first-order valence-corrected chi connectivity index (χ1v) is 7.91. The van der Waals surface area contributed by atoms with Crippen molar-refractivity contribution < 1.29 is 4.79 Å². The SMILES string of the molecule is CSC1(CNC(=O)c2csc(I)c2)CC1. The number of halogens is 1.